The van der Waals surface area contributed by atoms with Gasteiger partial charge in [-0.2, -0.15) is 0 Å². The summed E-state index contributed by atoms with van der Waals surface area (Å²) in [6.07, 6.45) is 0.970. The number of aryl methyl sites for hydroxylation is 1. The normalized spacial score (nSPS) is 14.1. The number of para-hydroxylation sites is 2. The van der Waals surface area contributed by atoms with Gasteiger partial charge in [0.25, 0.3) is 0 Å². The van der Waals surface area contributed by atoms with E-state index in [0.29, 0.717) is 32.5 Å². The Balaban J connectivity index is 1.25. The van der Waals surface area contributed by atoms with Gasteiger partial charge in [0, 0.05) is 38.2 Å². The maximum absolute atomic E-state index is 12.1. The molecule has 7 nitrogen and oxygen atoms in total. The first-order valence-electron chi connectivity index (χ1n) is 9.48. The molecule has 1 aliphatic heterocycles. The number of H-pyrrole nitrogens is 1. The van der Waals surface area contributed by atoms with Crippen LogP contribution in [0.25, 0.3) is 11.0 Å². The number of amides is 2. The minimum absolute atomic E-state index is 0.00256. The number of carbonyl (C=O) groups is 2. The van der Waals surface area contributed by atoms with Crippen LogP contribution in [0.3, 0.4) is 0 Å². The van der Waals surface area contributed by atoms with Crippen molar-refractivity contribution in [3.8, 4) is 0 Å². The number of piperazine rings is 1. The van der Waals surface area contributed by atoms with Gasteiger partial charge in [-0.25, -0.2) is 4.98 Å². The third-order valence-corrected chi connectivity index (χ3v) is 4.86. The van der Waals surface area contributed by atoms with Crippen LogP contribution in [0.5, 0.6) is 0 Å². The molecule has 1 fully saturated rings. The van der Waals surface area contributed by atoms with Crippen LogP contribution in [0, 0.1) is 0 Å². The van der Waals surface area contributed by atoms with E-state index in [1.165, 1.54) is 0 Å². The summed E-state index contributed by atoms with van der Waals surface area (Å²) in [6.45, 7) is 2.35. The second kappa shape index (κ2) is 8.12. The SMILES string of the molecule is O=C(CCc1nc2ccccc2[nH]1)NCc1ccc(N2CCNC(=O)C2)cc1. The Hall–Kier alpha value is -3.35. The Morgan fingerprint density at radius 3 is 2.75 bits per heavy atom. The second-order valence-electron chi connectivity index (χ2n) is 6.92. The average molecular weight is 377 g/mol. The average Bonchev–Trinajstić information content (AvgIpc) is 3.14. The van der Waals surface area contributed by atoms with Crippen LogP contribution in [0.15, 0.2) is 48.5 Å². The van der Waals surface area contributed by atoms with Crippen LogP contribution >= 0.6 is 0 Å². The van der Waals surface area contributed by atoms with Gasteiger partial charge in [-0.3, -0.25) is 9.59 Å². The van der Waals surface area contributed by atoms with Crippen molar-refractivity contribution in [3.63, 3.8) is 0 Å². The number of anilines is 1. The highest BCUT2D eigenvalue weighted by Crippen LogP contribution is 2.16. The first-order chi connectivity index (χ1) is 13.7. The van der Waals surface area contributed by atoms with Crippen LogP contribution < -0.4 is 15.5 Å². The van der Waals surface area contributed by atoms with Crippen LogP contribution in [-0.4, -0.2) is 41.4 Å². The van der Waals surface area contributed by atoms with Gasteiger partial charge in [0.05, 0.1) is 17.6 Å². The molecule has 2 heterocycles. The van der Waals surface area contributed by atoms with Gasteiger partial charge in [-0.1, -0.05) is 24.3 Å². The number of hydrogen-bond acceptors (Lipinski definition) is 4. The van der Waals surface area contributed by atoms with Gasteiger partial charge in [0.15, 0.2) is 0 Å². The maximum Gasteiger partial charge on any atom is 0.239 e. The fourth-order valence-electron chi connectivity index (χ4n) is 3.33. The molecule has 0 aliphatic carbocycles. The summed E-state index contributed by atoms with van der Waals surface area (Å²) in [5.74, 6) is 0.871. The van der Waals surface area contributed by atoms with Gasteiger partial charge < -0.3 is 20.5 Å². The van der Waals surface area contributed by atoms with E-state index in [1.807, 2.05) is 48.5 Å². The zero-order valence-corrected chi connectivity index (χ0v) is 15.6. The standard InChI is InChI=1S/C21H23N5O2/c27-20(10-9-19-24-17-3-1-2-4-18(17)25-19)23-13-15-5-7-16(8-6-15)26-12-11-22-21(28)14-26/h1-8H,9-14H2,(H,22,28)(H,23,27)(H,24,25). The smallest absolute Gasteiger partial charge is 0.239 e. The molecule has 0 unspecified atom stereocenters. The summed E-state index contributed by atoms with van der Waals surface area (Å²) in [5.41, 5.74) is 3.96. The molecular formula is C21H23N5O2. The summed E-state index contributed by atoms with van der Waals surface area (Å²) in [5, 5.41) is 5.77. The summed E-state index contributed by atoms with van der Waals surface area (Å²) in [7, 11) is 0. The molecule has 3 N–H and O–H groups in total. The van der Waals surface area contributed by atoms with E-state index in [2.05, 4.69) is 25.5 Å². The lowest BCUT2D eigenvalue weighted by Gasteiger charge is -2.28. The molecule has 0 radical (unpaired) electrons. The lowest BCUT2D eigenvalue weighted by atomic mass is 10.1. The molecule has 1 aliphatic rings. The first kappa shape index (κ1) is 18.0. The monoisotopic (exact) mass is 377 g/mol. The van der Waals surface area contributed by atoms with E-state index >= 15 is 0 Å². The number of rotatable bonds is 6. The number of aromatic nitrogens is 2. The van der Waals surface area contributed by atoms with Gasteiger partial charge in [0.1, 0.15) is 5.82 Å². The number of fused-ring (bicyclic) bond motifs is 1. The predicted molar refractivity (Wildman–Crippen MR) is 108 cm³/mol. The van der Waals surface area contributed by atoms with Crippen molar-refractivity contribution in [3.05, 3.63) is 59.9 Å². The number of imidazole rings is 1. The predicted octanol–water partition coefficient (Wildman–Crippen LogP) is 1.75. The molecule has 0 atom stereocenters. The number of nitrogens with one attached hydrogen (secondary N) is 3. The van der Waals surface area contributed by atoms with Crippen molar-refractivity contribution in [2.24, 2.45) is 0 Å². The molecule has 2 amide bonds. The molecule has 0 bridgehead atoms. The molecule has 28 heavy (non-hydrogen) atoms. The van der Waals surface area contributed by atoms with E-state index in [0.717, 1.165) is 34.7 Å². The van der Waals surface area contributed by atoms with Crippen molar-refractivity contribution >= 4 is 28.5 Å². The Bertz CT molecular complexity index is 947. The van der Waals surface area contributed by atoms with Crippen LogP contribution in [0.4, 0.5) is 5.69 Å². The van der Waals surface area contributed by atoms with E-state index < -0.39 is 0 Å². The Labute approximate surface area is 163 Å². The van der Waals surface area contributed by atoms with Crippen molar-refractivity contribution in [1.29, 1.82) is 0 Å². The van der Waals surface area contributed by atoms with Crippen molar-refractivity contribution in [2.45, 2.75) is 19.4 Å². The highest BCUT2D eigenvalue weighted by molar-refractivity contribution is 5.82. The number of hydrogen-bond donors (Lipinski definition) is 3. The third-order valence-electron chi connectivity index (χ3n) is 4.86. The minimum atomic E-state index is -0.00256. The zero-order valence-electron chi connectivity index (χ0n) is 15.6. The first-order valence-corrected chi connectivity index (χ1v) is 9.48. The lowest BCUT2D eigenvalue weighted by molar-refractivity contribution is -0.121. The molecule has 4 rings (SSSR count). The topological polar surface area (TPSA) is 90.1 Å². The molecule has 0 saturated carbocycles. The molecule has 3 aromatic rings. The van der Waals surface area contributed by atoms with Crippen molar-refractivity contribution in [1.82, 2.24) is 20.6 Å². The Kier molecular flexibility index (Phi) is 5.23. The maximum atomic E-state index is 12.1. The molecule has 1 aromatic heterocycles. The highest BCUT2D eigenvalue weighted by atomic mass is 16.2. The molecule has 144 valence electrons. The summed E-state index contributed by atoms with van der Waals surface area (Å²) >= 11 is 0. The van der Waals surface area contributed by atoms with Crippen LogP contribution in [-0.2, 0) is 22.6 Å². The van der Waals surface area contributed by atoms with Gasteiger partial charge in [-0.05, 0) is 29.8 Å². The lowest BCUT2D eigenvalue weighted by Crippen LogP contribution is -2.47. The van der Waals surface area contributed by atoms with Gasteiger partial charge >= 0.3 is 0 Å². The summed E-state index contributed by atoms with van der Waals surface area (Å²) in [4.78, 5) is 33.4. The molecule has 7 heteroatoms. The van der Waals surface area contributed by atoms with E-state index in [9.17, 15) is 9.59 Å². The molecular weight excluding hydrogens is 354 g/mol. The van der Waals surface area contributed by atoms with Crippen LogP contribution in [0.2, 0.25) is 0 Å². The largest absolute Gasteiger partial charge is 0.360 e. The Morgan fingerprint density at radius 2 is 1.96 bits per heavy atom. The third kappa shape index (κ3) is 4.31. The number of benzene rings is 2. The fourth-order valence-corrected chi connectivity index (χ4v) is 3.33. The number of nitrogens with zero attached hydrogens (tertiary/aromatic N) is 2. The summed E-state index contributed by atoms with van der Waals surface area (Å²) in [6, 6.07) is 15.8. The van der Waals surface area contributed by atoms with E-state index in [1.54, 1.807) is 0 Å². The summed E-state index contributed by atoms with van der Waals surface area (Å²) < 4.78 is 0. The Morgan fingerprint density at radius 1 is 1.14 bits per heavy atom. The minimum Gasteiger partial charge on any atom is -0.360 e. The van der Waals surface area contributed by atoms with Gasteiger partial charge in [-0.15, -0.1) is 0 Å². The van der Waals surface area contributed by atoms with Crippen molar-refractivity contribution < 1.29 is 9.59 Å². The fraction of sp³-hybridized carbons (Fsp3) is 0.286. The second-order valence-corrected chi connectivity index (χ2v) is 6.92. The van der Waals surface area contributed by atoms with Gasteiger partial charge in [0.2, 0.25) is 11.8 Å². The number of carbonyl (C=O) groups excluding carboxylic acids is 2. The molecule has 0 spiro atoms. The zero-order chi connectivity index (χ0) is 19.3. The molecule has 1 saturated heterocycles. The quantitative estimate of drug-likeness (QED) is 0.610. The van der Waals surface area contributed by atoms with E-state index in [-0.39, 0.29) is 11.8 Å². The van der Waals surface area contributed by atoms with Crippen LogP contribution in [0.1, 0.15) is 17.8 Å². The highest BCUT2D eigenvalue weighted by Gasteiger charge is 2.16. The van der Waals surface area contributed by atoms with Crippen molar-refractivity contribution in [2.75, 3.05) is 24.5 Å². The number of aromatic amines is 1. The van der Waals surface area contributed by atoms with E-state index in [4.69, 9.17) is 0 Å². The molecule has 2 aromatic carbocycles.